The summed E-state index contributed by atoms with van der Waals surface area (Å²) < 4.78 is 38.5. The number of hydrogen-bond acceptors (Lipinski definition) is 3. The topological polar surface area (TPSA) is 69.2 Å². The van der Waals surface area contributed by atoms with Crippen LogP contribution in [0.4, 0.5) is 13.2 Å². The van der Waals surface area contributed by atoms with E-state index in [0.29, 0.717) is 6.54 Å². The van der Waals surface area contributed by atoms with Gasteiger partial charge in [0, 0.05) is 29.8 Å². The van der Waals surface area contributed by atoms with Gasteiger partial charge in [-0.25, -0.2) is 0 Å². The predicted octanol–water partition coefficient (Wildman–Crippen LogP) is 2.78. The molecule has 2 heterocycles. The fraction of sp³-hybridized carbons (Fsp3) is 0.412. The van der Waals surface area contributed by atoms with Gasteiger partial charge in [0.2, 0.25) is 0 Å². The molecule has 2 aromatic rings. The van der Waals surface area contributed by atoms with Crippen molar-refractivity contribution in [3.8, 4) is 0 Å². The third-order valence-corrected chi connectivity index (χ3v) is 4.42. The summed E-state index contributed by atoms with van der Waals surface area (Å²) >= 11 is 0. The van der Waals surface area contributed by atoms with E-state index in [1.54, 1.807) is 6.20 Å². The molecular weight excluding hydrogens is 335 g/mol. The van der Waals surface area contributed by atoms with Crippen LogP contribution in [0.15, 0.2) is 30.5 Å². The zero-order chi connectivity index (χ0) is 18.4. The Balaban J connectivity index is 1.85. The Bertz CT molecular complexity index is 798. The summed E-state index contributed by atoms with van der Waals surface area (Å²) in [6.07, 6.45) is -4.56. The molecule has 0 saturated carbocycles. The Hall–Kier alpha value is -2.35. The van der Waals surface area contributed by atoms with Gasteiger partial charge in [0.15, 0.2) is 6.10 Å². The first-order valence-electron chi connectivity index (χ1n) is 7.76. The first-order chi connectivity index (χ1) is 11.6. The van der Waals surface area contributed by atoms with Crippen molar-refractivity contribution in [1.82, 2.24) is 15.1 Å². The second-order valence-electron chi connectivity index (χ2n) is 6.87. The summed E-state index contributed by atoms with van der Waals surface area (Å²) in [5, 5.41) is 17.2. The molecule has 1 aromatic heterocycles. The molecule has 1 aliphatic heterocycles. The van der Waals surface area contributed by atoms with Crippen molar-refractivity contribution in [3.63, 3.8) is 0 Å². The number of nitrogens with zero attached hydrogens (tertiary/aromatic N) is 2. The SMILES string of the molecule is CC1(C)CN(C(=O)C(O)c2cccc(C(F)(F)F)c2)Cc2cn[nH]c21. The number of H-pyrrole nitrogens is 1. The van der Waals surface area contributed by atoms with Gasteiger partial charge in [0.25, 0.3) is 5.91 Å². The van der Waals surface area contributed by atoms with Crippen molar-refractivity contribution in [1.29, 1.82) is 0 Å². The third kappa shape index (κ3) is 3.26. The molecular formula is C17H18F3N3O2. The number of fused-ring (bicyclic) bond motifs is 1. The van der Waals surface area contributed by atoms with Crippen LogP contribution < -0.4 is 0 Å². The monoisotopic (exact) mass is 353 g/mol. The first-order valence-corrected chi connectivity index (χ1v) is 7.76. The van der Waals surface area contributed by atoms with Crippen molar-refractivity contribution < 1.29 is 23.1 Å². The highest BCUT2D eigenvalue weighted by atomic mass is 19.4. The number of aliphatic hydroxyl groups excluding tert-OH is 1. The van der Waals surface area contributed by atoms with Crippen molar-refractivity contribution in [2.24, 2.45) is 0 Å². The summed E-state index contributed by atoms with van der Waals surface area (Å²) in [6, 6.07) is 4.21. The predicted molar refractivity (Wildman–Crippen MR) is 83.4 cm³/mol. The quantitative estimate of drug-likeness (QED) is 0.872. The molecule has 8 heteroatoms. The molecule has 25 heavy (non-hydrogen) atoms. The van der Waals surface area contributed by atoms with Crippen LogP contribution in [0.5, 0.6) is 0 Å². The number of hydrogen-bond donors (Lipinski definition) is 2. The van der Waals surface area contributed by atoms with Crippen LogP contribution in [0.1, 0.15) is 42.3 Å². The van der Waals surface area contributed by atoms with Gasteiger partial charge < -0.3 is 10.0 Å². The second kappa shape index (κ2) is 5.87. The van der Waals surface area contributed by atoms with E-state index in [2.05, 4.69) is 10.2 Å². The van der Waals surface area contributed by atoms with Crippen molar-refractivity contribution in [3.05, 3.63) is 52.8 Å². The summed E-state index contributed by atoms with van der Waals surface area (Å²) in [5.74, 6) is -0.626. The Kier molecular flexibility index (Phi) is 4.10. The lowest BCUT2D eigenvalue weighted by Crippen LogP contribution is -2.46. The molecule has 2 N–H and O–H groups in total. The van der Waals surface area contributed by atoms with E-state index in [4.69, 9.17) is 0 Å². The summed E-state index contributed by atoms with van der Waals surface area (Å²) in [5.41, 5.74) is 0.391. The van der Waals surface area contributed by atoms with Crippen LogP contribution >= 0.6 is 0 Å². The number of aliphatic hydroxyl groups is 1. The van der Waals surface area contributed by atoms with Crippen molar-refractivity contribution >= 4 is 5.91 Å². The van der Waals surface area contributed by atoms with Gasteiger partial charge in [-0.2, -0.15) is 18.3 Å². The number of benzene rings is 1. The molecule has 0 radical (unpaired) electrons. The number of halogens is 3. The van der Waals surface area contributed by atoms with Crippen molar-refractivity contribution in [2.45, 2.75) is 38.1 Å². The van der Waals surface area contributed by atoms with Crippen LogP contribution in [-0.2, 0) is 22.9 Å². The maximum absolute atomic E-state index is 12.8. The molecule has 1 atom stereocenters. The molecule has 1 unspecified atom stereocenters. The Morgan fingerprint density at radius 1 is 1.40 bits per heavy atom. The van der Waals surface area contributed by atoms with Gasteiger partial charge in [-0.15, -0.1) is 0 Å². The number of amides is 1. The van der Waals surface area contributed by atoms with Gasteiger partial charge in [-0.1, -0.05) is 26.0 Å². The number of carbonyl (C=O) groups is 1. The van der Waals surface area contributed by atoms with Gasteiger partial charge >= 0.3 is 6.18 Å². The molecule has 0 aliphatic carbocycles. The second-order valence-corrected chi connectivity index (χ2v) is 6.87. The van der Waals surface area contributed by atoms with E-state index in [-0.39, 0.29) is 12.1 Å². The third-order valence-electron chi connectivity index (χ3n) is 4.42. The molecule has 5 nitrogen and oxygen atoms in total. The number of carbonyl (C=O) groups excluding carboxylic acids is 1. The van der Waals surface area contributed by atoms with Gasteiger partial charge in [-0.3, -0.25) is 9.89 Å². The smallest absolute Gasteiger partial charge is 0.378 e. The zero-order valence-electron chi connectivity index (χ0n) is 13.8. The minimum Gasteiger partial charge on any atom is -0.378 e. The van der Waals surface area contributed by atoms with Crippen molar-refractivity contribution in [2.75, 3.05) is 6.54 Å². The number of aromatic amines is 1. The van der Waals surface area contributed by atoms with E-state index in [9.17, 15) is 23.1 Å². The minimum atomic E-state index is -4.53. The van der Waals surface area contributed by atoms with Gasteiger partial charge in [0.1, 0.15) is 0 Å². The molecule has 1 aromatic carbocycles. The molecule has 134 valence electrons. The van der Waals surface area contributed by atoms with E-state index in [1.165, 1.54) is 17.0 Å². The molecule has 0 fully saturated rings. The number of alkyl halides is 3. The lowest BCUT2D eigenvalue weighted by molar-refractivity contribution is -0.143. The number of aromatic nitrogens is 2. The molecule has 1 amide bonds. The fourth-order valence-electron chi connectivity index (χ4n) is 3.19. The van der Waals surface area contributed by atoms with E-state index < -0.39 is 29.2 Å². The van der Waals surface area contributed by atoms with E-state index >= 15 is 0 Å². The lowest BCUT2D eigenvalue weighted by Gasteiger charge is -2.38. The summed E-state index contributed by atoms with van der Waals surface area (Å²) in [7, 11) is 0. The highest BCUT2D eigenvalue weighted by Crippen LogP contribution is 2.34. The van der Waals surface area contributed by atoms with E-state index in [0.717, 1.165) is 23.4 Å². The fourth-order valence-corrected chi connectivity index (χ4v) is 3.19. The van der Waals surface area contributed by atoms with Crippen LogP contribution in [0.3, 0.4) is 0 Å². The number of rotatable bonds is 2. The summed E-state index contributed by atoms with van der Waals surface area (Å²) in [6.45, 7) is 4.45. The van der Waals surface area contributed by atoms with Crippen LogP contribution in [0.25, 0.3) is 0 Å². The van der Waals surface area contributed by atoms with Gasteiger partial charge in [0.05, 0.1) is 11.8 Å². The largest absolute Gasteiger partial charge is 0.416 e. The van der Waals surface area contributed by atoms with Crippen LogP contribution in [0, 0.1) is 0 Å². The zero-order valence-corrected chi connectivity index (χ0v) is 13.8. The number of nitrogens with one attached hydrogen (secondary N) is 1. The molecule has 0 bridgehead atoms. The van der Waals surface area contributed by atoms with Crippen LogP contribution in [-0.4, -0.2) is 32.7 Å². The Morgan fingerprint density at radius 2 is 2.12 bits per heavy atom. The van der Waals surface area contributed by atoms with E-state index in [1.807, 2.05) is 13.8 Å². The standard InChI is InChI=1S/C17H18F3N3O2/c1-16(2)9-23(8-11-7-21-22-14(11)16)15(25)13(24)10-4-3-5-12(6-10)17(18,19)20/h3-7,13,24H,8-9H2,1-2H3,(H,21,22). The minimum absolute atomic E-state index is 0.0735. The normalized spacial score (nSPS) is 17.9. The lowest BCUT2D eigenvalue weighted by atomic mass is 9.83. The Labute approximate surface area is 142 Å². The average Bonchev–Trinajstić information content (AvgIpc) is 3.02. The molecule has 0 spiro atoms. The van der Waals surface area contributed by atoms with Gasteiger partial charge in [-0.05, 0) is 17.7 Å². The first kappa shape index (κ1) is 17.5. The highest BCUT2D eigenvalue weighted by molar-refractivity contribution is 5.82. The molecule has 0 saturated heterocycles. The molecule has 3 rings (SSSR count). The highest BCUT2D eigenvalue weighted by Gasteiger charge is 2.38. The maximum atomic E-state index is 12.8. The average molecular weight is 353 g/mol. The van der Waals surface area contributed by atoms with Crippen LogP contribution in [0.2, 0.25) is 0 Å². The maximum Gasteiger partial charge on any atom is 0.416 e. The Morgan fingerprint density at radius 3 is 2.80 bits per heavy atom. The molecule has 1 aliphatic rings. The summed E-state index contributed by atoms with van der Waals surface area (Å²) in [4.78, 5) is 14.1.